The predicted octanol–water partition coefficient (Wildman–Crippen LogP) is 4.25. The fourth-order valence-electron chi connectivity index (χ4n) is 1.98. The Balaban J connectivity index is 2.68. The summed E-state index contributed by atoms with van der Waals surface area (Å²) in [7, 11) is 0. The van der Waals surface area contributed by atoms with Gasteiger partial charge in [0, 0.05) is 1.37 Å². The fourth-order valence-corrected chi connectivity index (χ4v) is 1.98. The van der Waals surface area contributed by atoms with E-state index < -0.39 is 0 Å². The standard InChI is InChI=1S/C12H24/c1-11(2,3)10-6-8-12(4,5)9-7-10/h10H,6-9H2,1-5H3/i10D. The molecule has 0 atom stereocenters. The number of rotatable bonds is 0. The SMILES string of the molecule is [2H]C1(C(C)(C)C)CCC(C)(C)CC1. The first kappa shape index (κ1) is 8.59. The number of hydrogen-bond donors (Lipinski definition) is 0. The molecule has 0 heterocycles. The van der Waals surface area contributed by atoms with Crippen molar-refractivity contribution in [3.05, 3.63) is 0 Å². The van der Waals surface area contributed by atoms with Crippen LogP contribution < -0.4 is 0 Å². The van der Waals surface area contributed by atoms with Crippen LogP contribution in [0.2, 0.25) is 0 Å². The summed E-state index contributed by atoms with van der Waals surface area (Å²) in [5, 5.41) is 0. The minimum absolute atomic E-state index is 0.142. The van der Waals surface area contributed by atoms with Crippen molar-refractivity contribution in [1.82, 2.24) is 0 Å². The first-order valence-electron chi connectivity index (χ1n) is 5.66. The van der Waals surface area contributed by atoms with Crippen LogP contribution in [0.5, 0.6) is 0 Å². The highest BCUT2D eigenvalue weighted by Crippen LogP contribution is 2.44. The van der Waals surface area contributed by atoms with E-state index in [1.54, 1.807) is 0 Å². The van der Waals surface area contributed by atoms with Crippen LogP contribution in [0.3, 0.4) is 0 Å². The Labute approximate surface area is 79.2 Å². The van der Waals surface area contributed by atoms with Crippen LogP contribution in [0.1, 0.15) is 61.7 Å². The minimum atomic E-state index is -0.178. The van der Waals surface area contributed by atoms with Gasteiger partial charge in [-0.15, -0.1) is 0 Å². The van der Waals surface area contributed by atoms with Crippen LogP contribution in [0.25, 0.3) is 0 Å². The highest BCUT2D eigenvalue weighted by atomic mass is 14.4. The fraction of sp³-hybridized carbons (Fsp3) is 1.00. The lowest BCUT2D eigenvalue weighted by Crippen LogP contribution is -2.29. The summed E-state index contributed by atoms with van der Waals surface area (Å²) >= 11 is 0. The minimum Gasteiger partial charge on any atom is -0.0599 e. The zero-order chi connectivity index (χ0) is 10.3. The van der Waals surface area contributed by atoms with Crippen molar-refractivity contribution in [3.8, 4) is 0 Å². The number of hydrogen-bond acceptors (Lipinski definition) is 0. The van der Waals surface area contributed by atoms with E-state index in [1.807, 2.05) is 0 Å². The Bertz CT molecular complexity index is 176. The molecule has 0 spiro atoms. The van der Waals surface area contributed by atoms with Gasteiger partial charge in [-0.1, -0.05) is 34.6 Å². The van der Waals surface area contributed by atoms with E-state index in [9.17, 15) is 0 Å². The van der Waals surface area contributed by atoms with Gasteiger partial charge in [-0.2, -0.15) is 0 Å². The third-order valence-corrected chi connectivity index (χ3v) is 3.27. The normalized spacial score (nSPS) is 29.6. The van der Waals surface area contributed by atoms with E-state index in [4.69, 9.17) is 1.37 Å². The van der Waals surface area contributed by atoms with Crippen molar-refractivity contribution in [1.29, 1.82) is 0 Å². The second-order valence-electron chi connectivity index (χ2n) is 6.02. The Kier molecular flexibility index (Phi) is 2.18. The molecule has 1 aliphatic carbocycles. The van der Waals surface area contributed by atoms with Crippen LogP contribution in [0, 0.1) is 16.7 Å². The molecule has 1 rings (SSSR count). The largest absolute Gasteiger partial charge is 0.0599 e. The van der Waals surface area contributed by atoms with Crippen molar-refractivity contribution in [2.45, 2.75) is 60.3 Å². The first-order chi connectivity index (χ1) is 5.66. The van der Waals surface area contributed by atoms with Gasteiger partial charge in [0.15, 0.2) is 0 Å². The van der Waals surface area contributed by atoms with Crippen LogP contribution in [-0.2, 0) is 0 Å². The molecule has 0 N–H and O–H groups in total. The van der Waals surface area contributed by atoms with Crippen LogP contribution in [-0.4, -0.2) is 0 Å². The highest BCUT2D eigenvalue weighted by molar-refractivity contribution is 4.83. The lowest BCUT2D eigenvalue weighted by atomic mass is 9.65. The maximum absolute atomic E-state index is 8.45. The molecule has 0 nitrogen and oxygen atoms in total. The average Bonchev–Trinajstić information content (AvgIpc) is 1.94. The molecule has 0 aliphatic heterocycles. The third kappa shape index (κ3) is 2.50. The Morgan fingerprint density at radius 2 is 1.58 bits per heavy atom. The summed E-state index contributed by atoms with van der Waals surface area (Å²) in [5.74, 6) is -0.178. The molecule has 0 heteroatoms. The van der Waals surface area contributed by atoms with Crippen LogP contribution in [0.15, 0.2) is 0 Å². The average molecular weight is 169 g/mol. The van der Waals surface area contributed by atoms with Crippen LogP contribution in [0.4, 0.5) is 0 Å². The van der Waals surface area contributed by atoms with Gasteiger partial charge in [-0.05, 0) is 42.4 Å². The zero-order valence-electron chi connectivity index (χ0n) is 10.3. The molecule has 0 aromatic carbocycles. The van der Waals surface area contributed by atoms with E-state index in [-0.39, 0.29) is 11.3 Å². The molecule has 0 bridgehead atoms. The van der Waals surface area contributed by atoms with Crippen molar-refractivity contribution in [3.63, 3.8) is 0 Å². The lowest BCUT2D eigenvalue weighted by Gasteiger charge is -2.40. The molecule has 0 saturated heterocycles. The van der Waals surface area contributed by atoms with Crippen molar-refractivity contribution in [2.75, 3.05) is 0 Å². The van der Waals surface area contributed by atoms with E-state index in [1.165, 1.54) is 12.8 Å². The molecule has 1 fully saturated rings. The Morgan fingerprint density at radius 1 is 1.17 bits per heavy atom. The van der Waals surface area contributed by atoms with Crippen molar-refractivity contribution in [2.24, 2.45) is 16.7 Å². The second-order valence-corrected chi connectivity index (χ2v) is 6.02. The van der Waals surface area contributed by atoms with Gasteiger partial charge < -0.3 is 0 Å². The predicted molar refractivity (Wildman–Crippen MR) is 55.2 cm³/mol. The molecule has 0 aromatic rings. The molecule has 72 valence electrons. The first-order valence-corrected chi connectivity index (χ1v) is 5.16. The van der Waals surface area contributed by atoms with Crippen molar-refractivity contribution < 1.29 is 1.37 Å². The molecule has 1 saturated carbocycles. The summed E-state index contributed by atoms with van der Waals surface area (Å²) in [6, 6.07) is 0. The van der Waals surface area contributed by atoms with Gasteiger partial charge in [0.2, 0.25) is 0 Å². The molecule has 0 radical (unpaired) electrons. The van der Waals surface area contributed by atoms with E-state index >= 15 is 0 Å². The maximum atomic E-state index is 8.45. The monoisotopic (exact) mass is 169 g/mol. The third-order valence-electron chi connectivity index (χ3n) is 3.27. The van der Waals surface area contributed by atoms with Crippen LogP contribution >= 0.6 is 0 Å². The molecular formula is C12H24. The smallest absolute Gasteiger partial charge is 0.0308 e. The molecule has 1 aliphatic rings. The molecule has 0 unspecified atom stereocenters. The summed E-state index contributed by atoms with van der Waals surface area (Å²) in [5.41, 5.74) is 0.624. The van der Waals surface area contributed by atoms with Gasteiger partial charge in [-0.25, -0.2) is 0 Å². The Hall–Kier alpha value is 0. The quantitative estimate of drug-likeness (QED) is 0.508. The Morgan fingerprint density at radius 3 is 1.92 bits per heavy atom. The van der Waals surface area contributed by atoms with E-state index in [0.717, 1.165) is 12.8 Å². The molecule has 0 amide bonds. The van der Waals surface area contributed by atoms with Gasteiger partial charge in [0.25, 0.3) is 0 Å². The highest BCUT2D eigenvalue weighted by Gasteiger charge is 2.32. The van der Waals surface area contributed by atoms with E-state index in [2.05, 4.69) is 34.6 Å². The van der Waals surface area contributed by atoms with Gasteiger partial charge in [0.05, 0.1) is 0 Å². The molecule has 12 heavy (non-hydrogen) atoms. The topological polar surface area (TPSA) is 0 Å². The summed E-state index contributed by atoms with van der Waals surface area (Å²) in [6.07, 6.45) is 4.58. The maximum Gasteiger partial charge on any atom is 0.0308 e. The van der Waals surface area contributed by atoms with Crippen molar-refractivity contribution >= 4 is 0 Å². The van der Waals surface area contributed by atoms with E-state index in [0.29, 0.717) is 5.41 Å². The zero-order valence-corrected chi connectivity index (χ0v) is 9.33. The van der Waals surface area contributed by atoms with Gasteiger partial charge in [-0.3, -0.25) is 0 Å². The lowest BCUT2D eigenvalue weighted by molar-refractivity contribution is 0.111. The van der Waals surface area contributed by atoms with Gasteiger partial charge in [0.1, 0.15) is 0 Å². The summed E-state index contributed by atoms with van der Waals surface area (Å²) < 4.78 is 8.45. The van der Waals surface area contributed by atoms with Gasteiger partial charge >= 0.3 is 0 Å². The second kappa shape index (κ2) is 3.05. The molecule has 0 aromatic heterocycles. The summed E-state index contributed by atoms with van der Waals surface area (Å²) in [6.45, 7) is 11.3. The molecular weight excluding hydrogens is 144 g/mol. The summed E-state index contributed by atoms with van der Waals surface area (Å²) in [4.78, 5) is 0.